The molecule has 0 nitrogen and oxygen atoms in total. The van der Waals surface area contributed by atoms with E-state index < -0.39 is 54.1 Å². The van der Waals surface area contributed by atoms with Gasteiger partial charge in [-0.15, -0.1) is 6.42 Å². The molecular weight excluding hydrogens is 598 g/mol. The maximum atomic E-state index is 13.0. The molecule has 0 fully saturated rings. The second-order valence-corrected chi connectivity index (χ2v) is 5.90. The molecule has 0 unspecified atom stereocenters. The van der Waals surface area contributed by atoms with E-state index in [4.69, 9.17) is 0 Å². The first-order valence-corrected chi connectivity index (χ1v) is 8.23. The van der Waals surface area contributed by atoms with Crippen LogP contribution in [-0.2, 0) is 21.7 Å². The van der Waals surface area contributed by atoms with Gasteiger partial charge in [0.15, 0.2) is 0 Å². The van der Waals surface area contributed by atoms with Crippen molar-refractivity contribution in [3.05, 3.63) is 20.8 Å². The molecule has 0 rings (SSSR count). The molecule has 35 heavy (non-hydrogen) atoms. The number of alkyl halides is 17. The molecule has 0 saturated heterocycles. The van der Waals surface area contributed by atoms with Gasteiger partial charge in [-0.25, -0.2) is 8.78 Å². The number of rotatable bonds is 7. The fraction of sp³-hybridized carbons (Fsp3) is 0.812. The summed E-state index contributed by atoms with van der Waals surface area (Å²) < 4.78 is 215. The number of hydrogen-bond donors (Lipinski definition) is 0. The van der Waals surface area contributed by atoms with Crippen LogP contribution in [0.3, 0.4) is 0 Å². The molecule has 0 saturated carbocycles. The molecule has 0 spiro atoms. The molecule has 0 aromatic rings. The van der Waals surface area contributed by atoms with Crippen molar-refractivity contribution in [3.63, 3.8) is 0 Å². The van der Waals surface area contributed by atoms with Gasteiger partial charge in [0, 0.05) is 0 Å². The first-order chi connectivity index (χ1) is 14.1. The fourth-order valence-electron chi connectivity index (χ4n) is 1.35. The van der Waals surface area contributed by atoms with E-state index in [2.05, 4.69) is 13.8 Å². The monoisotopic (exact) mass is 616 g/mol. The van der Waals surface area contributed by atoms with E-state index in [9.17, 15) is 74.6 Å². The van der Waals surface area contributed by atoms with Gasteiger partial charge in [0.2, 0.25) is 0 Å². The Kier molecular flexibility index (Phi) is 18.0. The van der Waals surface area contributed by atoms with E-state index >= 15 is 0 Å². The minimum Gasteiger partial charge on any atom is -1.00 e. The molecule has 0 aliphatic heterocycles. The average Bonchev–Trinajstić information content (AvgIpc) is 2.61. The maximum Gasteiger partial charge on any atom is 4.00 e. The van der Waals surface area contributed by atoms with Crippen LogP contribution in [-0.4, -0.2) is 47.6 Å². The van der Waals surface area contributed by atoms with Crippen LogP contribution in [0.5, 0.6) is 0 Å². The van der Waals surface area contributed by atoms with E-state index in [1.54, 1.807) is 0 Å². The Hall–Kier alpha value is -0.186. The van der Waals surface area contributed by atoms with Crippen molar-refractivity contribution < 1.29 is 109 Å². The topological polar surface area (TPSA) is 0 Å². The zero-order valence-electron chi connectivity index (χ0n) is 17.5. The van der Waals surface area contributed by atoms with E-state index in [1.165, 1.54) is 0 Å². The molecular formula is C16H18ClF17Ti. The van der Waals surface area contributed by atoms with Crippen LogP contribution in [0.1, 0.15) is 33.1 Å². The number of hydrogen-bond acceptors (Lipinski definition) is 0. The fourth-order valence-corrected chi connectivity index (χ4v) is 1.35. The Morgan fingerprint density at radius 3 is 0.771 bits per heavy atom. The molecule has 0 aromatic heterocycles. The van der Waals surface area contributed by atoms with E-state index in [0.29, 0.717) is 0 Å². The minimum absolute atomic E-state index is 0. The quantitative estimate of drug-likeness (QED) is 0.196. The van der Waals surface area contributed by atoms with Gasteiger partial charge in [0.1, 0.15) is 0 Å². The third-order valence-electron chi connectivity index (χ3n) is 3.10. The van der Waals surface area contributed by atoms with Gasteiger partial charge >= 0.3 is 63.4 Å². The average molecular weight is 617 g/mol. The van der Waals surface area contributed by atoms with Gasteiger partial charge in [-0.05, 0) is 0 Å². The summed E-state index contributed by atoms with van der Waals surface area (Å²) in [5.41, 5.74) is 0. The first-order valence-electron chi connectivity index (χ1n) is 8.23. The predicted molar refractivity (Wildman–Crippen MR) is 82.0 cm³/mol. The van der Waals surface area contributed by atoms with Gasteiger partial charge in [0.05, 0.1) is 0 Å². The van der Waals surface area contributed by atoms with Crippen LogP contribution in [0.4, 0.5) is 74.6 Å². The van der Waals surface area contributed by atoms with Crippen LogP contribution >= 0.6 is 0 Å². The van der Waals surface area contributed by atoms with Gasteiger partial charge < -0.3 is 33.2 Å². The summed E-state index contributed by atoms with van der Waals surface area (Å²) >= 11 is 0. The van der Waals surface area contributed by atoms with Crippen molar-refractivity contribution in [1.29, 1.82) is 0 Å². The Bertz CT molecular complexity index is 585. The second kappa shape index (κ2) is 14.1. The Morgan fingerprint density at radius 1 is 0.429 bits per heavy atom. The van der Waals surface area contributed by atoms with Crippen LogP contribution < -0.4 is 12.4 Å². The van der Waals surface area contributed by atoms with Crippen molar-refractivity contribution in [2.24, 2.45) is 0 Å². The smallest absolute Gasteiger partial charge is 1.00 e. The van der Waals surface area contributed by atoms with Gasteiger partial charge in [0.25, 0.3) is 5.92 Å². The van der Waals surface area contributed by atoms with Crippen molar-refractivity contribution >= 4 is 0 Å². The third-order valence-corrected chi connectivity index (χ3v) is 3.10. The van der Waals surface area contributed by atoms with Gasteiger partial charge in [-0.3, -0.25) is 0 Å². The number of halogens is 18. The van der Waals surface area contributed by atoms with Crippen molar-refractivity contribution in [3.8, 4) is 0 Å². The SMILES string of the molecule is [CH2-]CC.[CH2-]CC.[CH2-]CC(F)(F)C(F)(F)C(F)(F)C(F)(F)C(F)(F)C(F)(F)C(F)(F)C(F)(F)F.[Cl-].[Ti+4]. The van der Waals surface area contributed by atoms with Crippen molar-refractivity contribution in [2.75, 3.05) is 0 Å². The van der Waals surface area contributed by atoms with E-state index in [-0.39, 0.29) is 34.1 Å². The van der Waals surface area contributed by atoms with Gasteiger partial charge in [-0.2, -0.15) is 78.7 Å². The summed E-state index contributed by atoms with van der Waals surface area (Å²) in [5.74, 6) is -55.9. The largest absolute Gasteiger partial charge is 4.00 e. The molecule has 0 atom stereocenters. The van der Waals surface area contributed by atoms with Crippen LogP contribution in [0, 0.1) is 20.8 Å². The molecule has 0 amide bonds. The second-order valence-electron chi connectivity index (χ2n) is 5.90. The van der Waals surface area contributed by atoms with Crippen molar-refractivity contribution in [1.82, 2.24) is 0 Å². The summed E-state index contributed by atoms with van der Waals surface area (Å²) in [7, 11) is 0. The summed E-state index contributed by atoms with van der Waals surface area (Å²) in [6, 6.07) is 0. The zero-order valence-corrected chi connectivity index (χ0v) is 19.9. The molecule has 0 N–H and O–H groups in total. The summed E-state index contributed by atoms with van der Waals surface area (Å²) in [6.45, 7) is 12.9. The summed E-state index contributed by atoms with van der Waals surface area (Å²) in [5, 5.41) is 0. The Labute approximate surface area is 210 Å². The van der Waals surface area contributed by atoms with E-state index in [1.807, 2.05) is 20.8 Å². The molecule has 0 radical (unpaired) electrons. The van der Waals surface area contributed by atoms with Crippen LogP contribution in [0.15, 0.2) is 0 Å². The Balaban J connectivity index is -0.000000337. The molecule has 0 heterocycles. The van der Waals surface area contributed by atoms with Crippen molar-refractivity contribution in [2.45, 2.75) is 80.7 Å². The van der Waals surface area contributed by atoms with Crippen LogP contribution in [0.2, 0.25) is 0 Å². The first kappa shape index (κ1) is 44.8. The Morgan fingerprint density at radius 2 is 0.600 bits per heavy atom. The summed E-state index contributed by atoms with van der Waals surface area (Å²) in [6.07, 6.45) is -8.45. The molecule has 0 bridgehead atoms. The molecule has 0 aliphatic rings. The maximum absolute atomic E-state index is 13.0. The van der Waals surface area contributed by atoms with Crippen LogP contribution in [0.25, 0.3) is 0 Å². The molecule has 212 valence electrons. The molecule has 0 aromatic carbocycles. The predicted octanol–water partition coefficient (Wildman–Crippen LogP) is 5.68. The third kappa shape index (κ3) is 7.90. The summed E-state index contributed by atoms with van der Waals surface area (Å²) in [4.78, 5) is 0. The normalized spacial score (nSPS) is 13.9. The van der Waals surface area contributed by atoms with E-state index in [0.717, 1.165) is 12.8 Å². The standard InChI is InChI=1S/C10H4F17.2C3H7.ClH.Ti/c1-2-3(11,12)4(13,14)5(15,16)6(17,18)7(19,20)8(21,22)9(23,24)10(25,26)27;2*1-3-2;;/h1-2H2;2*1,3H2,2H3;1H;/q3*-1;;+4/p-1. The molecule has 19 heteroatoms. The molecule has 0 aliphatic carbocycles. The zero-order chi connectivity index (χ0) is 28.1. The van der Waals surface area contributed by atoms with Gasteiger partial charge in [-0.1, -0.05) is 13.8 Å². The minimum atomic E-state index is -8.58.